The van der Waals surface area contributed by atoms with E-state index in [1.165, 1.54) is 29.7 Å². The molecule has 1 aliphatic rings. The van der Waals surface area contributed by atoms with Gasteiger partial charge >= 0.3 is 0 Å². The lowest BCUT2D eigenvalue weighted by Crippen LogP contribution is -2.12. The van der Waals surface area contributed by atoms with Crippen LogP contribution in [0.3, 0.4) is 0 Å². The Hall–Kier alpha value is -1.47. The third-order valence-corrected chi connectivity index (χ3v) is 4.26. The molecule has 0 bridgehead atoms. The van der Waals surface area contributed by atoms with E-state index in [-0.39, 0.29) is 0 Å². The number of rotatable bonds is 5. The van der Waals surface area contributed by atoms with Gasteiger partial charge in [-0.05, 0) is 60.6 Å². The molecule has 1 N–H and O–H groups in total. The minimum atomic E-state index is 0.403. The van der Waals surface area contributed by atoms with Gasteiger partial charge in [-0.1, -0.05) is 42.8 Å². The maximum atomic E-state index is 5.98. The summed E-state index contributed by atoms with van der Waals surface area (Å²) in [4.78, 5) is 0. The summed E-state index contributed by atoms with van der Waals surface area (Å²) in [5, 5.41) is 4.49. The van der Waals surface area contributed by atoms with Crippen LogP contribution < -0.4 is 5.32 Å². The summed E-state index contributed by atoms with van der Waals surface area (Å²) in [6.07, 6.45) is 3.71. The first-order valence-electron chi connectivity index (χ1n) is 7.37. The number of nitrogens with one attached hydrogen (secondary N) is 1. The van der Waals surface area contributed by atoms with E-state index >= 15 is 0 Å². The molecule has 0 radical (unpaired) electrons. The van der Waals surface area contributed by atoms with E-state index in [0.29, 0.717) is 6.04 Å². The minimum Gasteiger partial charge on any atom is -0.378 e. The second-order valence-corrected chi connectivity index (χ2v) is 6.00. The van der Waals surface area contributed by atoms with Gasteiger partial charge in [-0.3, -0.25) is 0 Å². The fraction of sp³-hybridized carbons (Fsp3) is 0.333. The molecule has 0 heterocycles. The number of hydrogen-bond donors (Lipinski definition) is 1. The van der Waals surface area contributed by atoms with Gasteiger partial charge in [-0.25, -0.2) is 0 Å². The van der Waals surface area contributed by atoms with E-state index < -0.39 is 0 Å². The van der Waals surface area contributed by atoms with Crippen LogP contribution in [-0.2, 0) is 6.42 Å². The first kappa shape index (κ1) is 13.5. The van der Waals surface area contributed by atoms with E-state index in [1.807, 2.05) is 12.1 Å². The Kier molecular flexibility index (Phi) is 3.98. The Balaban J connectivity index is 1.78. The topological polar surface area (TPSA) is 12.0 Å². The van der Waals surface area contributed by atoms with Crippen molar-refractivity contribution in [3.63, 3.8) is 0 Å². The average Bonchev–Trinajstić information content (AvgIpc) is 3.31. The number of anilines is 1. The zero-order valence-electron chi connectivity index (χ0n) is 11.8. The molecule has 0 aliphatic heterocycles. The van der Waals surface area contributed by atoms with Crippen molar-refractivity contribution in [1.82, 2.24) is 0 Å². The Bertz CT molecular complexity index is 555. The molecule has 1 aliphatic carbocycles. The van der Waals surface area contributed by atoms with Gasteiger partial charge in [0.05, 0.1) is 6.04 Å². The van der Waals surface area contributed by atoms with Gasteiger partial charge in [0.1, 0.15) is 0 Å². The van der Waals surface area contributed by atoms with Crippen molar-refractivity contribution in [1.29, 1.82) is 0 Å². The van der Waals surface area contributed by atoms with Crippen molar-refractivity contribution in [3.05, 3.63) is 64.7 Å². The minimum absolute atomic E-state index is 0.403. The van der Waals surface area contributed by atoms with Gasteiger partial charge in [-0.15, -0.1) is 0 Å². The lowest BCUT2D eigenvalue weighted by atomic mass is 10.0. The van der Waals surface area contributed by atoms with Crippen LogP contribution in [0.25, 0.3) is 0 Å². The zero-order chi connectivity index (χ0) is 13.9. The molecule has 1 unspecified atom stereocenters. The lowest BCUT2D eigenvalue weighted by molar-refractivity contribution is 0.679. The summed E-state index contributed by atoms with van der Waals surface area (Å²) in [6, 6.07) is 17.4. The predicted molar refractivity (Wildman–Crippen MR) is 86.4 cm³/mol. The molecule has 0 amide bonds. The van der Waals surface area contributed by atoms with Crippen LogP contribution in [0, 0.1) is 5.92 Å². The van der Waals surface area contributed by atoms with Crippen molar-refractivity contribution in [3.8, 4) is 0 Å². The van der Waals surface area contributed by atoms with Crippen LogP contribution in [0.15, 0.2) is 48.5 Å². The smallest absolute Gasteiger partial charge is 0.0542 e. The monoisotopic (exact) mass is 285 g/mol. The van der Waals surface area contributed by atoms with E-state index in [1.54, 1.807) is 0 Å². The van der Waals surface area contributed by atoms with Gasteiger partial charge in [0.25, 0.3) is 0 Å². The second-order valence-electron chi connectivity index (χ2n) is 5.56. The van der Waals surface area contributed by atoms with Gasteiger partial charge in [0.15, 0.2) is 0 Å². The third-order valence-electron chi connectivity index (χ3n) is 4.01. The number of benzene rings is 2. The quantitative estimate of drug-likeness (QED) is 0.768. The van der Waals surface area contributed by atoms with Crippen LogP contribution in [0.4, 0.5) is 5.69 Å². The van der Waals surface area contributed by atoms with Crippen LogP contribution in [0.5, 0.6) is 0 Å². The zero-order valence-corrected chi connectivity index (χ0v) is 12.5. The second kappa shape index (κ2) is 5.88. The maximum Gasteiger partial charge on any atom is 0.0542 e. The van der Waals surface area contributed by atoms with E-state index in [9.17, 15) is 0 Å². The molecule has 104 valence electrons. The molecule has 1 saturated carbocycles. The molecule has 3 rings (SSSR count). The predicted octanol–water partition coefficient (Wildman–Crippen LogP) is 5.47. The van der Waals surface area contributed by atoms with Crippen LogP contribution in [0.1, 0.15) is 36.9 Å². The first-order chi connectivity index (χ1) is 9.76. The summed E-state index contributed by atoms with van der Waals surface area (Å²) in [7, 11) is 0. The Labute approximate surface area is 126 Å². The average molecular weight is 286 g/mol. The van der Waals surface area contributed by atoms with Gasteiger partial charge in [-0.2, -0.15) is 0 Å². The molecule has 2 aromatic carbocycles. The van der Waals surface area contributed by atoms with E-state index in [2.05, 4.69) is 48.6 Å². The van der Waals surface area contributed by atoms with Crippen molar-refractivity contribution in [2.45, 2.75) is 32.2 Å². The number of aryl methyl sites for hydroxylation is 1. The normalized spacial score (nSPS) is 15.9. The van der Waals surface area contributed by atoms with Crippen LogP contribution in [0.2, 0.25) is 5.02 Å². The highest BCUT2D eigenvalue weighted by molar-refractivity contribution is 6.30. The number of hydrogen-bond acceptors (Lipinski definition) is 1. The maximum absolute atomic E-state index is 5.98. The van der Waals surface area contributed by atoms with Crippen molar-refractivity contribution in [2.75, 3.05) is 5.32 Å². The van der Waals surface area contributed by atoms with Crippen LogP contribution in [-0.4, -0.2) is 0 Å². The molecule has 2 aromatic rings. The van der Waals surface area contributed by atoms with E-state index in [4.69, 9.17) is 11.6 Å². The van der Waals surface area contributed by atoms with Gasteiger partial charge < -0.3 is 5.32 Å². The molecule has 2 heteroatoms. The fourth-order valence-electron chi connectivity index (χ4n) is 2.59. The standard InChI is InChI=1S/C18H20ClN/c1-2-13-3-11-17(12-4-13)20-18(14-5-6-14)15-7-9-16(19)10-8-15/h3-4,7-12,14,18,20H,2,5-6H2,1H3. The summed E-state index contributed by atoms with van der Waals surface area (Å²) in [5.74, 6) is 0.752. The molecule has 1 atom stereocenters. The Morgan fingerprint density at radius 3 is 2.25 bits per heavy atom. The summed E-state index contributed by atoms with van der Waals surface area (Å²) < 4.78 is 0. The Morgan fingerprint density at radius 1 is 1.05 bits per heavy atom. The molecular formula is C18H20ClN. The molecule has 20 heavy (non-hydrogen) atoms. The van der Waals surface area contributed by atoms with Crippen molar-refractivity contribution < 1.29 is 0 Å². The molecule has 0 aromatic heterocycles. The highest BCUT2D eigenvalue weighted by Crippen LogP contribution is 2.43. The first-order valence-corrected chi connectivity index (χ1v) is 7.75. The van der Waals surface area contributed by atoms with Crippen LogP contribution >= 0.6 is 11.6 Å². The molecule has 1 nitrogen and oxygen atoms in total. The summed E-state index contributed by atoms with van der Waals surface area (Å²) >= 11 is 5.98. The fourth-order valence-corrected chi connectivity index (χ4v) is 2.72. The number of halogens is 1. The SMILES string of the molecule is CCc1ccc(NC(c2ccc(Cl)cc2)C2CC2)cc1. The molecule has 1 fully saturated rings. The Morgan fingerprint density at radius 2 is 1.70 bits per heavy atom. The highest BCUT2D eigenvalue weighted by Gasteiger charge is 2.32. The largest absolute Gasteiger partial charge is 0.378 e. The molecule has 0 saturated heterocycles. The van der Waals surface area contributed by atoms with E-state index in [0.717, 1.165) is 17.4 Å². The lowest BCUT2D eigenvalue weighted by Gasteiger charge is -2.20. The highest BCUT2D eigenvalue weighted by atomic mass is 35.5. The van der Waals surface area contributed by atoms with Crippen molar-refractivity contribution >= 4 is 17.3 Å². The van der Waals surface area contributed by atoms with Gasteiger partial charge in [0.2, 0.25) is 0 Å². The molecule has 0 spiro atoms. The van der Waals surface area contributed by atoms with Crippen molar-refractivity contribution in [2.24, 2.45) is 5.92 Å². The third kappa shape index (κ3) is 3.16. The summed E-state index contributed by atoms with van der Waals surface area (Å²) in [5.41, 5.74) is 3.91. The summed E-state index contributed by atoms with van der Waals surface area (Å²) in [6.45, 7) is 2.18. The van der Waals surface area contributed by atoms with Gasteiger partial charge in [0, 0.05) is 10.7 Å². The molecular weight excluding hydrogens is 266 g/mol.